The highest BCUT2D eigenvalue weighted by atomic mass is 35.5. The summed E-state index contributed by atoms with van der Waals surface area (Å²) in [5, 5.41) is 0. The van der Waals surface area contributed by atoms with E-state index in [0.717, 1.165) is 16.7 Å². The van der Waals surface area contributed by atoms with Gasteiger partial charge in [0.05, 0.1) is 0 Å². The van der Waals surface area contributed by atoms with Crippen LogP contribution in [0.4, 0.5) is 0 Å². The third-order valence-electron chi connectivity index (χ3n) is 2.31. The van der Waals surface area contributed by atoms with Crippen LogP contribution in [0.3, 0.4) is 0 Å². The van der Waals surface area contributed by atoms with Crippen LogP contribution in [0, 0.1) is 0 Å². The standard InChI is InChI=1S/C14H10Cl2.2ClH/c15-14(16)13(11-7-3-1-4-8-11)12-9-5-2-6-10-12;;/h1-10H;2*1H. The molecule has 0 aliphatic heterocycles. The number of hydrogen-bond donors (Lipinski definition) is 0. The van der Waals surface area contributed by atoms with Crippen LogP contribution in [0.2, 0.25) is 0 Å². The molecule has 0 bridgehead atoms. The van der Waals surface area contributed by atoms with E-state index in [2.05, 4.69) is 0 Å². The molecular formula is C14H12Cl4. The summed E-state index contributed by atoms with van der Waals surface area (Å²) in [6, 6.07) is 19.8. The second-order valence-electron chi connectivity index (χ2n) is 3.37. The van der Waals surface area contributed by atoms with E-state index in [-0.39, 0.29) is 29.3 Å². The van der Waals surface area contributed by atoms with Crippen molar-refractivity contribution in [2.45, 2.75) is 0 Å². The molecule has 0 fully saturated rings. The maximum Gasteiger partial charge on any atom is 0.115 e. The number of benzene rings is 2. The molecule has 2 rings (SSSR count). The Kier molecular flexibility index (Phi) is 8.13. The normalized spacial score (nSPS) is 8.78. The zero-order valence-electron chi connectivity index (χ0n) is 9.35. The monoisotopic (exact) mass is 320 g/mol. The average molecular weight is 322 g/mol. The van der Waals surface area contributed by atoms with E-state index < -0.39 is 0 Å². The van der Waals surface area contributed by atoms with Gasteiger partial charge in [-0.1, -0.05) is 83.9 Å². The van der Waals surface area contributed by atoms with Gasteiger partial charge < -0.3 is 0 Å². The Morgan fingerprint density at radius 3 is 1.22 bits per heavy atom. The van der Waals surface area contributed by atoms with Crippen molar-refractivity contribution in [2.24, 2.45) is 0 Å². The van der Waals surface area contributed by atoms with Crippen LogP contribution in [-0.4, -0.2) is 0 Å². The molecule has 0 aliphatic rings. The zero-order chi connectivity index (χ0) is 11.4. The molecule has 4 heteroatoms. The van der Waals surface area contributed by atoms with Crippen LogP contribution in [0.25, 0.3) is 5.57 Å². The minimum absolute atomic E-state index is 0. The van der Waals surface area contributed by atoms with E-state index in [4.69, 9.17) is 23.2 Å². The van der Waals surface area contributed by atoms with Gasteiger partial charge in [0.25, 0.3) is 0 Å². The predicted octanol–water partition coefficient (Wildman–Crippen LogP) is 5.72. The molecule has 0 spiro atoms. The van der Waals surface area contributed by atoms with Crippen molar-refractivity contribution in [3.8, 4) is 0 Å². The van der Waals surface area contributed by atoms with Crippen LogP contribution < -0.4 is 0 Å². The molecule has 2 aromatic rings. The summed E-state index contributed by atoms with van der Waals surface area (Å²) in [5.74, 6) is 0. The Bertz CT molecular complexity index is 446. The lowest BCUT2D eigenvalue weighted by Gasteiger charge is -2.08. The summed E-state index contributed by atoms with van der Waals surface area (Å²) in [6.07, 6.45) is 0. The largest absolute Gasteiger partial charge is 0.147 e. The van der Waals surface area contributed by atoms with Crippen LogP contribution in [0.5, 0.6) is 0 Å². The molecule has 0 saturated heterocycles. The highest BCUT2D eigenvalue weighted by Gasteiger charge is 2.07. The minimum Gasteiger partial charge on any atom is -0.147 e. The highest BCUT2D eigenvalue weighted by molar-refractivity contribution is 6.59. The molecule has 18 heavy (non-hydrogen) atoms. The molecule has 0 aromatic heterocycles. The number of halogens is 4. The molecule has 0 amide bonds. The lowest BCUT2D eigenvalue weighted by atomic mass is 10.00. The molecule has 96 valence electrons. The Labute approximate surface area is 129 Å². The van der Waals surface area contributed by atoms with Crippen molar-refractivity contribution in [1.29, 1.82) is 0 Å². The van der Waals surface area contributed by atoms with Gasteiger partial charge in [-0.05, 0) is 11.1 Å². The first-order chi connectivity index (χ1) is 7.79. The lowest BCUT2D eigenvalue weighted by molar-refractivity contribution is 1.55. The second-order valence-corrected chi connectivity index (χ2v) is 4.32. The van der Waals surface area contributed by atoms with E-state index in [9.17, 15) is 0 Å². The van der Waals surface area contributed by atoms with Gasteiger partial charge in [0.15, 0.2) is 0 Å². The summed E-state index contributed by atoms with van der Waals surface area (Å²) in [5.41, 5.74) is 2.91. The molecule has 0 nitrogen and oxygen atoms in total. The molecule has 0 saturated carbocycles. The van der Waals surface area contributed by atoms with E-state index in [1.54, 1.807) is 0 Å². The number of hydrogen-bond acceptors (Lipinski definition) is 0. The third kappa shape index (κ3) is 4.22. The molecule has 0 heterocycles. The van der Waals surface area contributed by atoms with Crippen molar-refractivity contribution in [1.82, 2.24) is 0 Å². The summed E-state index contributed by atoms with van der Waals surface area (Å²) in [7, 11) is 0. The summed E-state index contributed by atoms with van der Waals surface area (Å²) in [6.45, 7) is 0. The number of rotatable bonds is 2. The molecule has 0 unspecified atom stereocenters. The minimum atomic E-state index is 0. The molecule has 0 radical (unpaired) electrons. The highest BCUT2D eigenvalue weighted by Crippen LogP contribution is 2.30. The van der Waals surface area contributed by atoms with Gasteiger partial charge in [0, 0.05) is 5.57 Å². The Morgan fingerprint density at radius 2 is 0.944 bits per heavy atom. The van der Waals surface area contributed by atoms with Gasteiger partial charge in [0.2, 0.25) is 0 Å². The smallest absolute Gasteiger partial charge is 0.115 e. The fourth-order valence-electron chi connectivity index (χ4n) is 1.59. The third-order valence-corrected chi connectivity index (χ3v) is 2.69. The van der Waals surface area contributed by atoms with Gasteiger partial charge >= 0.3 is 0 Å². The average Bonchev–Trinajstić information content (AvgIpc) is 2.31. The van der Waals surface area contributed by atoms with Crippen LogP contribution in [-0.2, 0) is 0 Å². The SMILES string of the molecule is Cl.Cl.ClC(Cl)=C(c1ccccc1)c1ccccc1. The first-order valence-electron chi connectivity index (χ1n) is 4.95. The van der Waals surface area contributed by atoms with Gasteiger partial charge in [0.1, 0.15) is 4.49 Å². The first-order valence-corrected chi connectivity index (χ1v) is 5.71. The quantitative estimate of drug-likeness (QED) is 0.663. The summed E-state index contributed by atoms with van der Waals surface area (Å²) in [4.78, 5) is 0. The van der Waals surface area contributed by atoms with E-state index >= 15 is 0 Å². The van der Waals surface area contributed by atoms with Gasteiger partial charge in [-0.3, -0.25) is 0 Å². The Hall–Kier alpha value is -0.660. The van der Waals surface area contributed by atoms with E-state index in [1.165, 1.54) is 0 Å². The van der Waals surface area contributed by atoms with Gasteiger partial charge in [-0.25, -0.2) is 0 Å². The van der Waals surface area contributed by atoms with E-state index in [1.807, 2.05) is 60.7 Å². The van der Waals surface area contributed by atoms with Crippen molar-refractivity contribution in [3.05, 3.63) is 76.3 Å². The molecular weight excluding hydrogens is 310 g/mol. The Balaban J connectivity index is 0.00000144. The molecule has 0 atom stereocenters. The zero-order valence-corrected chi connectivity index (χ0v) is 12.5. The Morgan fingerprint density at radius 1 is 0.611 bits per heavy atom. The van der Waals surface area contributed by atoms with Gasteiger partial charge in [-0.2, -0.15) is 0 Å². The van der Waals surface area contributed by atoms with E-state index in [0.29, 0.717) is 0 Å². The van der Waals surface area contributed by atoms with Crippen molar-refractivity contribution in [3.63, 3.8) is 0 Å². The van der Waals surface area contributed by atoms with Crippen LogP contribution in [0.15, 0.2) is 65.2 Å². The van der Waals surface area contributed by atoms with Crippen molar-refractivity contribution >= 4 is 53.6 Å². The maximum absolute atomic E-state index is 5.96. The second kappa shape index (κ2) is 8.44. The molecule has 0 aliphatic carbocycles. The predicted molar refractivity (Wildman–Crippen MR) is 85.1 cm³/mol. The van der Waals surface area contributed by atoms with Crippen molar-refractivity contribution in [2.75, 3.05) is 0 Å². The van der Waals surface area contributed by atoms with Crippen LogP contribution >= 0.6 is 48.0 Å². The maximum atomic E-state index is 5.96. The topological polar surface area (TPSA) is 0 Å². The lowest BCUT2D eigenvalue weighted by Crippen LogP contribution is -1.87. The molecule has 0 N–H and O–H groups in total. The fraction of sp³-hybridized carbons (Fsp3) is 0. The molecule has 2 aromatic carbocycles. The van der Waals surface area contributed by atoms with Gasteiger partial charge in [-0.15, -0.1) is 24.8 Å². The first kappa shape index (κ1) is 17.3. The summed E-state index contributed by atoms with van der Waals surface area (Å²) >= 11 is 11.9. The van der Waals surface area contributed by atoms with Crippen LogP contribution in [0.1, 0.15) is 11.1 Å². The van der Waals surface area contributed by atoms with Crippen molar-refractivity contribution < 1.29 is 0 Å². The fourth-order valence-corrected chi connectivity index (χ4v) is 2.03. The summed E-state index contributed by atoms with van der Waals surface area (Å²) < 4.78 is 0.289.